The van der Waals surface area contributed by atoms with Crippen LogP contribution in [0.2, 0.25) is 0 Å². The van der Waals surface area contributed by atoms with E-state index in [4.69, 9.17) is 4.74 Å². The molecular formula is C29H38N4O6. The van der Waals surface area contributed by atoms with Crippen LogP contribution in [0.25, 0.3) is 0 Å². The first-order valence-corrected chi connectivity index (χ1v) is 13.3. The van der Waals surface area contributed by atoms with E-state index >= 15 is 0 Å². The van der Waals surface area contributed by atoms with Crippen molar-refractivity contribution in [2.75, 3.05) is 19.8 Å². The van der Waals surface area contributed by atoms with E-state index in [0.717, 1.165) is 5.56 Å². The Bertz CT molecular complexity index is 1140. The molecule has 0 aromatic heterocycles. The second-order valence-electron chi connectivity index (χ2n) is 9.84. The lowest BCUT2D eigenvalue weighted by Crippen LogP contribution is -2.57. The van der Waals surface area contributed by atoms with E-state index in [-0.39, 0.29) is 56.2 Å². The van der Waals surface area contributed by atoms with Crippen LogP contribution >= 0.6 is 0 Å². The number of nitrogens with zero attached hydrogens (tertiary/aromatic N) is 1. The van der Waals surface area contributed by atoms with E-state index in [9.17, 15) is 24.3 Å². The molecule has 1 aliphatic rings. The molecule has 4 N–H and O–H groups in total. The van der Waals surface area contributed by atoms with Gasteiger partial charge in [-0.1, -0.05) is 62.7 Å². The minimum Gasteiger partial charge on any atom is -0.491 e. The number of carbonyl (C=O) groups is 4. The van der Waals surface area contributed by atoms with Gasteiger partial charge in [0.1, 0.15) is 24.4 Å². The van der Waals surface area contributed by atoms with E-state index in [1.54, 1.807) is 31.2 Å². The van der Waals surface area contributed by atoms with Gasteiger partial charge in [-0.05, 0) is 30.5 Å². The number of aliphatic hydroxyl groups excluding tert-OH is 1. The molecule has 0 spiro atoms. The van der Waals surface area contributed by atoms with Crippen LogP contribution in [-0.4, -0.2) is 71.5 Å². The number of rotatable bonds is 8. The highest BCUT2D eigenvalue weighted by molar-refractivity contribution is 6.01. The molecule has 4 amide bonds. The van der Waals surface area contributed by atoms with E-state index in [1.165, 1.54) is 4.90 Å². The number of ether oxygens (including phenoxy) is 1. The standard InChI is InChI=1S/C29H38N4O6/c1-4-19(2)26-29(38)30-20(3)18-39-24-13-9-8-12-22(24)27(36)31-23(28(37)32-26)16-25(35)33(14-15-34)17-21-10-6-5-7-11-21/h5-13,19-20,23,26,34H,4,14-18H2,1-3H3,(H,30,38)(H,31,36)(H,32,37)/t19-,20+,23+,26+/m1/s1. The summed E-state index contributed by atoms with van der Waals surface area (Å²) >= 11 is 0. The van der Waals surface area contributed by atoms with Crippen molar-refractivity contribution < 1.29 is 29.0 Å². The van der Waals surface area contributed by atoms with Gasteiger partial charge in [0.2, 0.25) is 17.7 Å². The third-order valence-electron chi connectivity index (χ3n) is 6.74. The van der Waals surface area contributed by atoms with Gasteiger partial charge >= 0.3 is 0 Å². The van der Waals surface area contributed by atoms with Crippen molar-refractivity contribution in [2.45, 2.75) is 58.3 Å². The molecule has 0 saturated heterocycles. The van der Waals surface area contributed by atoms with Crippen molar-refractivity contribution in [1.82, 2.24) is 20.9 Å². The predicted molar refractivity (Wildman–Crippen MR) is 146 cm³/mol. The molecule has 0 saturated carbocycles. The Morgan fingerprint density at radius 2 is 1.72 bits per heavy atom. The number of fused-ring (bicyclic) bond motifs is 1. The van der Waals surface area contributed by atoms with E-state index < -0.39 is 29.8 Å². The summed E-state index contributed by atoms with van der Waals surface area (Å²) in [7, 11) is 0. The SMILES string of the molecule is CC[C@@H](C)[C@@H]1NC(=O)[C@H](CC(=O)N(CCO)Cc2ccccc2)NC(=O)c2ccccc2OC[C@H](C)NC1=O. The van der Waals surface area contributed by atoms with Gasteiger partial charge < -0.3 is 30.7 Å². The summed E-state index contributed by atoms with van der Waals surface area (Å²) in [5.41, 5.74) is 1.06. The van der Waals surface area contributed by atoms with Gasteiger partial charge in [-0.3, -0.25) is 19.2 Å². The topological polar surface area (TPSA) is 137 Å². The van der Waals surface area contributed by atoms with Gasteiger partial charge in [-0.25, -0.2) is 0 Å². The van der Waals surface area contributed by atoms with E-state index in [0.29, 0.717) is 12.2 Å². The van der Waals surface area contributed by atoms with Gasteiger partial charge in [0.15, 0.2) is 0 Å². The Morgan fingerprint density at radius 3 is 2.41 bits per heavy atom. The molecule has 210 valence electrons. The van der Waals surface area contributed by atoms with Crippen LogP contribution in [0.5, 0.6) is 5.75 Å². The Balaban J connectivity index is 1.93. The Hall–Kier alpha value is -3.92. The van der Waals surface area contributed by atoms with Gasteiger partial charge in [0.05, 0.1) is 24.6 Å². The Labute approximate surface area is 229 Å². The summed E-state index contributed by atoms with van der Waals surface area (Å²) < 4.78 is 5.85. The monoisotopic (exact) mass is 538 g/mol. The van der Waals surface area contributed by atoms with Crippen LogP contribution in [0, 0.1) is 5.92 Å². The van der Waals surface area contributed by atoms with Crippen LogP contribution in [-0.2, 0) is 20.9 Å². The maximum atomic E-state index is 13.5. The summed E-state index contributed by atoms with van der Waals surface area (Å²) in [6, 6.07) is 13.3. The lowest BCUT2D eigenvalue weighted by Gasteiger charge is -2.28. The van der Waals surface area contributed by atoms with Crippen LogP contribution in [0.4, 0.5) is 0 Å². The Kier molecular flexibility index (Phi) is 10.9. The minimum absolute atomic E-state index is 0.0580. The molecule has 2 aromatic rings. The second kappa shape index (κ2) is 14.3. The molecular weight excluding hydrogens is 500 g/mol. The zero-order valence-corrected chi connectivity index (χ0v) is 22.7. The van der Waals surface area contributed by atoms with Crippen LogP contribution in [0.3, 0.4) is 0 Å². The molecule has 10 nitrogen and oxygen atoms in total. The minimum atomic E-state index is -1.27. The average molecular weight is 539 g/mol. The third-order valence-corrected chi connectivity index (χ3v) is 6.74. The molecule has 0 unspecified atom stereocenters. The normalized spacial score (nSPS) is 20.9. The van der Waals surface area contributed by atoms with Gasteiger partial charge in [0, 0.05) is 13.1 Å². The summed E-state index contributed by atoms with van der Waals surface area (Å²) in [5.74, 6) is -1.94. The van der Waals surface area contributed by atoms with Gasteiger partial charge in [0.25, 0.3) is 5.91 Å². The fourth-order valence-electron chi connectivity index (χ4n) is 4.29. The molecule has 10 heteroatoms. The van der Waals surface area contributed by atoms with Crippen molar-refractivity contribution in [3.63, 3.8) is 0 Å². The van der Waals surface area contributed by atoms with E-state index in [2.05, 4.69) is 16.0 Å². The first-order chi connectivity index (χ1) is 18.7. The molecule has 0 radical (unpaired) electrons. The molecule has 0 bridgehead atoms. The van der Waals surface area contributed by atoms with Crippen LogP contribution < -0.4 is 20.7 Å². The van der Waals surface area contributed by atoms with E-state index in [1.807, 2.05) is 44.2 Å². The zero-order valence-electron chi connectivity index (χ0n) is 22.7. The molecule has 39 heavy (non-hydrogen) atoms. The number of carbonyl (C=O) groups excluding carboxylic acids is 4. The maximum absolute atomic E-state index is 13.5. The van der Waals surface area contributed by atoms with Crippen LogP contribution in [0.1, 0.15) is 49.5 Å². The number of hydrogen-bond donors (Lipinski definition) is 4. The first-order valence-electron chi connectivity index (χ1n) is 13.3. The number of aliphatic hydroxyl groups is 1. The lowest BCUT2D eigenvalue weighted by atomic mass is 9.97. The highest BCUT2D eigenvalue weighted by Gasteiger charge is 2.33. The van der Waals surface area contributed by atoms with Crippen molar-refractivity contribution in [2.24, 2.45) is 5.92 Å². The molecule has 3 rings (SSSR count). The number of nitrogens with one attached hydrogen (secondary N) is 3. The average Bonchev–Trinajstić information content (AvgIpc) is 2.94. The van der Waals surface area contributed by atoms with Crippen molar-refractivity contribution >= 4 is 23.6 Å². The molecule has 0 aliphatic carbocycles. The molecule has 4 atom stereocenters. The fourth-order valence-corrected chi connectivity index (χ4v) is 4.29. The van der Waals surface area contributed by atoms with Gasteiger partial charge in [-0.2, -0.15) is 0 Å². The Morgan fingerprint density at radius 1 is 1.03 bits per heavy atom. The summed E-state index contributed by atoms with van der Waals surface area (Å²) in [6.07, 6.45) is 0.255. The predicted octanol–water partition coefficient (Wildman–Crippen LogP) is 1.62. The highest BCUT2D eigenvalue weighted by atomic mass is 16.5. The molecule has 1 heterocycles. The zero-order chi connectivity index (χ0) is 28.4. The second-order valence-corrected chi connectivity index (χ2v) is 9.84. The molecule has 2 aromatic carbocycles. The highest BCUT2D eigenvalue weighted by Crippen LogP contribution is 2.19. The van der Waals surface area contributed by atoms with Crippen molar-refractivity contribution in [3.05, 3.63) is 65.7 Å². The lowest BCUT2D eigenvalue weighted by molar-refractivity contribution is -0.136. The maximum Gasteiger partial charge on any atom is 0.255 e. The number of benzene rings is 2. The number of para-hydroxylation sites is 1. The largest absolute Gasteiger partial charge is 0.491 e. The van der Waals surface area contributed by atoms with Crippen LogP contribution in [0.15, 0.2) is 54.6 Å². The van der Waals surface area contributed by atoms with Crippen molar-refractivity contribution in [3.8, 4) is 5.75 Å². The summed E-state index contributed by atoms with van der Waals surface area (Å²) in [6.45, 7) is 5.68. The smallest absolute Gasteiger partial charge is 0.255 e. The molecule has 1 aliphatic heterocycles. The third kappa shape index (κ3) is 8.28. The van der Waals surface area contributed by atoms with Crippen molar-refractivity contribution in [1.29, 1.82) is 0 Å². The summed E-state index contributed by atoms with van der Waals surface area (Å²) in [5, 5.41) is 17.9. The number of hydrogen-bond acceptors (Lipinski definition) is 6. The fraction of sp³-hybridized carbons (Fsp3) is 0.448. The summed E-state index contributed by atoms with van der Waals surface area (Å²) in [4.78, 5) is 54.8. The number of amides is 4. The molecule has 0 fully saturated rings. The van der Waals surface area contributed by atoms with Gasteiger partial charge in [-0.15, -0.1) is 0 Å². The quantitative estimate of drug-likeness (QED) is 0.403. The first kappa shape index (κ1) is 29.6.